The van der Waals surface area contributed by atoms with E-state index in [-0.39, 0.29) is 37.0 Å². The van der Waals surface area contributed by atoms with Crippen LogP contribution in [0.2, 0.25) is 0 Å². The molecule has 0 bridgehead atoms. The monoisotopic (exact) mass is 480 g/mol. The number of hydrogen-bond donors (Lipinski definition) is 3. The van der Waals surface area contributed by atoms with Crippen LogP contribution in [0.4, 0.5) is 4.79 Å². The summed E-state index contributed by atoms with van der Waals surface area (Å²) in [7, 11) is 0. The van der Waals surface area contributed by atoms with E-state index in [2.05, 4.69) is 22.8 Å². The van der Waals surface area contributed by atoms with Crippen molar-refractivity contribution in [2.24, 2.45) is 0 Å². The van der Waals surface area contributed by atoms with Gasteiger partial charge in [-0.05, 0) is 55.4 Å². The summed E-state index contributed by atoms with van der Waals surface area (Å²) in [6.07, 6.45) is 0.268. The number of benzene rings is 2. The lowest BCUT2D eigenvalue weighted by atomic mass is 9.93. The zero-order chi connectivity index (χ0) is 25.0. The molecular weight excluding hydrogens is 448 g/mol. The minimum absolute atomic E-state index is 0.0298. The smallest absolute Gasteiger partial charge is 0.407 e. The Morgan fingerprint density at radius 1 is 1.09 bits per heavy atom. The van der Waals surface area contributed by atoms with Crippen LogP contribution in [0.3, 0.4) is 0 Å². The maximum atomic E-state index is 12.9. The van der Waals surface area contributed by atoms with E-state index in [4.69, 9.17) is 14.6 Å². The molecule has 8 heteroatoms. The van der Waals surface area contributed by atoms with Crippen LogP contribution in [-0.2, 0) is 19.1 Å². The number of hydrogen-bond acceptors (Lipinski definition) is 5. The number of alkyl carbamates (subject to hydrolysis) is 1. The highest BCUT2D eigenvalue weighted by Gasteiger charge is 2.33. The van der Waals surface area contributed by atoms with Crippen molar-refractivity contribution in [3.05, 3.63) is 59.7 Å². The summed E-state index contributed by atoms with van der Waals surface area (Å²) in [5, 5.41) is 14.6. The number of carboxylic acid groups (broad SMARTS) is 1. The molecule has 3 N–H and O–H groups in total. The topological polar surface area (TPSA) is 114 Å². The average Bonchev–Trinajstić information content (AvgIpc) is 3.13. The van der Waals surface area contributed by atoms with Gasteiger partial charge >= 0.3 is 12.1 Å². The fraction of sp³-hybridized carbons (Fsp3) is 0.444. The molecule has 2 atom stereocenters. The Kier molecular flexibility index (Phi) is 7.40. The molecule has 2 unspecified atom stereocenters. The molecule has 0 aromatic heterocycles. The molecule has 1 aliphatic heterocycles. The van der Waals surface area contributed by atoms with Gasteiger partial charge in [0.05, 0.1) is 5.60 Å². The average molecular weight is 481 g/mol. The SMILES string of the molecule is CC1(C)CC(NC(=O)C(CCC(=O)O)NC(=O)OCC2c3ccccc3-c3ccccc32)CCO1. The van der Waals surface area contributed by atoms with Gasteiger partial charge in [-0.15, -0.1) is 0 Å². The molecule has 0 radical (unpaired) electrons. The molecule has 1 aliphatic carbocycles. The van der Waals surface area contributed by atoms with Crippen molar-refractivity contribution in [1.29, 1.82) is 0 Å². The first-order chi connectivity index (χ1) is 16.7. The van der Waals surface area contributed by atoms with Crippen molar-refractivity contribution < 1.29 is 29.0 Å². The van der Waals surface area contributed by atoms with Gasteiger partial charge in [-0.1, -0.05) is 48.5 Å². The largest absolute Gasteiger partial charge is 0.481 e. The third kappa shape index (κ3) is 6.00. The molecule has 8 nitrogen and oxygen atoms in total. The molecule has 1 fully saturated rings. The number of nitrogens with one attached hydrogen (secondary N) is 2. The Hall–Kier alpha value is -3.39. The van der Waals surface area contributed by atoms with Crippen LogP contribution in [0.1, 0.15) is 56.6 Å². The Balaban J connectivity index is 1.39. The number of carboxylic acids is 1. The molecule has 2 aromatic rings. The van der Waals surface area contributed by atoms with E-state index < -0.39 is 24.0 Å². The van der Waals surface area contributed by atoms with E-state index in [0.717, 1.165) is 22.3 Å². The zero-order valence-corrected chi connectivity index (χ0v) is 20.1. The molecule has 4 rings (SSSR count). The minimum Gasteiger partial charge on any atom is -0.481 e. The number of carbonyl (C=O) groups excluding carboxylic acids is 2. The highest BCUT2D eigenvalue weighted by molar-refractivity contribution is 5.86. The van der Waals surface area contributed by atoms with Gasteiger partial charge in [0.15, 0.2) is 0 Å². The van der Waals surface area contributed by atoms with E-state index in [1.807, 2.05) is 50.2 Å². The summed E-state index contributed by atoms with van der Waals surface area (Å²) in [5.41, 5.74) is 4.06. The zero-order valence-electron chi connectivity index (χ0n) is 20.1. The summed E-state index contributed by atoms with van der Waals surface area (Å²) >= 11 is 0. The number of amides is 2. The first kappa shape index (κ1) is 24.7. The number of fused-ring (bicyclic) bond motifs is 3. The number of carbonyl (C=O) groups is 3. The Morgan fingerprint density at radius 3 is 2.31 bits per heavy atom. The van der Waals surface area contributed by atoms with Gasteiger partial charge in [0.25, 0.3) is 0 Å². The highest BCUT2D eigenvalue weighted by atomic mass is 16.5. The van der Waals surface area contributed by atoms with E-state index in [1.165, 1.54) is 0 Å². The maximum Gasteiger partial charge on any atom is 0.407 e. The number of aliphatic carboxylic acids is 1. The Bertz CT molecular complexity index is 1050. The van der Waals surface area contributed by atoms with Crippen LogP contribution in [0, 0.1) is 0 Å². The van der Waals surface area contributed by atoms with Gasteiger partial charge in [0.1, 0.15) is 12.6 Å². The first-order valence-electron chi connectivity index (χ1n) is 12.0. The lowest BCUT2D eigenvalue weighted by Crippen LogP contribution is -2.53. The maximum absolute atomic E-state index is 12.9. The van der Waals surface area contributed by atoms with Gasteiger partial charge in [0.2, 0.25) is 5.91 Å². The van der Waals surface area contributed by atoms with Gasteiger partial charge < -0.3 is 25.2 Å². The van der Waals surface area contributed by atoms with Crippen molar-refractivity contribution in [2.75, 3.05) is 13.2 Å². The van der Waals surface area contributed by atoms with Crippen molar-refractivity contribution >= 4 is 18.0 Å². The number of rotatable bonds is 8. The van der Waals surface area contributed by atoms with Crippen molar-refractivity contribution in [1.82, 2.24) is 10.6 Å². The lowest BCUT2D eigenvalue weighted by molar-refractivity contribution is -0.137. The van der Waals surface area contributed by atoms with Crippen LogP contribution in [0.5, 0.6) is 0 Å². The lowest BCUT2D eigenvalue weighted by Gasteiger charge is -2.36. The second kappa shape index (κ2) is 10.5. The van der Waals surface area contributed by atoms with Gasteiger partial charge in [-0.25, -0.2) is 4.79 Å². The second-order valence-electron chi connectivity index (χ2n) is 9.76. The van der Waals surface area contributed by atoms with Crippen LogP contribution >= 0.6 is 0 Å². The van der Waals surface area contributed by atoms with Crippen molar-refractivity contribution in [3.8, 4) is 11.1 Å². The summed E-state index contributed by atoms with van der Waals surface area (Å²) in [6, 6.07) is 14.9. The standard InChI is InChI=1S/C27H32N2O6/c1-27(2)15-17(13-14-35-27)28-25(32)23(11-12-24(30)31)29-26(33)34-16-22-20-9-5-3-7-18(20)19-8-4-6-10-21(19)22/h3-10,17,22-23H,11-16H2,1-2H3,(H,28,32)(H,29,33)(H,30,31). The Morgan fingerprint density at radius 2 is 1.71 bits per heavy atom. The minimum atomic E-state index is -1.04. The predicted octanol–water partition coefficient (Wildman–Crippen LogP) is 3.83. The predicted molar refractivity (Wildman–Crippen MR) is 130 cm³/mol. The molecule has 0 saturated carbocycles. The second-order valence-corrected chi connectivity index (χ2v) is 9.76. The normalized spacial score (nSPS) is 19.2. The van der Waals surface area contributed by atoms with Gasteiger partial charge in [0, 0.05) is 25.0 Å². The molecule has 2 aliphatic rings. The van der Waals surface area contributed by atoms with Crippen molar-refractivity contribution in [3.63, 3.8) is 0 Å². The summed E-state index contributed by atoms with van der Waals surface area (Å²) < 4.78 is 11.2. The van der Waals surface area contributed by atoms with Gasteiger partial charge in [-0.3, -0.25) is 9.59 Å². The molecule has 1 heterocycles. The van der Waals surface area contributed by atoms with Crippen molar-refractivity contribution in [2.45, 2.75) is 63.1 Å². The molecular formula is C27H32N2O6. The first-order valence-corrected chi connectivity index (χ1v) is 12.0. The highest BCUT2D eigenvalue weighted by Crippen LogP contribution is 2.44. The molecule has 2 aromatic carbocycles. The Labute approximate surface area is 205 Å². The fourth-order valence-corrected chi connectivity index (χ4v) is 4.98. The van der Waals surface area contributed by atoms with Gasteiger partial charge in [-0.2, -0.15) is 0 Å². The van der Waals surface area contributed by atoms with E-state index in [1.54, 1.807) is 0 Å². The van der Waals surface area contributed by atoms with Crippen LogP contribution in [0.25, 0.3) is 11.1 Å². The molecule has 35 heavy (non-hydrogen) atoms. The van der Waals surface area contributed by atoms with Crippen LogP contribution in [-0.4, -0.2) is 54.0 Å². The van der Waals surface area contributed by atoms with E-state index in [0.29, 0.717) is 19.4 Å². The van der Waals surface area contributed by atoms with Crippen LogP contribution in [0.15, 0.2) is 48.5 Å². The van der Waals surface area contributed by atoms with Crippen LogP contribution < -0.4 is 10.6 Å². The third-order valence-electron chi connectivity index (χ3n) is 6.64. The molecule has 1 saturated heterocycles. The quantitative estimate of drug-likeness (QED) is 0.529. The molecule has 0 spiro atoms. The molecule has 2 amide bonds. The number of ether oxygens (including phenoxy) is 2. The summed E-state index contributed by atoms with van der Waals surface area (Å²) in [4.78, 5) is 36.8. The fourth-order valence-electron chi connectivity index (χ4n) is 4.98. The van der Waals surface area contributed by atoms with E-state index >= 15 is 0 Å². The molecule has 186 valence electrons. The summed E-state index contributed by atoms with van der Waals surface area (Å²) in [6.45, 7) is 4.56. The third-order valence-corrected chi connectivity index (χ3v) is 6.64. The van der Waals surface area contributed by atoms with E-state index in [9.17, 15) is 14.4 Å². The summed E-state index contributed by atoms with van der Waals surface area (Å²) in [5.74, 6) is -1.56.